The molecular weight excluding hydrogens is 272 g/mol. The van der Waals surface area contributed by atoms with Crippen LogP contribution in [0, 0.1) is 5.92 Å². The fourth-order valence-electron chi connectivity index (χ4n) is 3.40. The molecule has 3 unspecified atom stereocenters. The van der Waals surface area contributed by atoms with Crippen molar-refractivity contribution in [2.75, 3.05) is 13.6 Å². The molecular formula is C15H22N2O2S. The van der Waals surface area contributed by atoms with Crippen molar-refractivity contribution in [1.82, 2.24) is 9.62 Å². The minimum absolute atomic E-state index is 0.231. The lowest BCUT2D eigenvalue weighted by Crippen LogP contribution is -2.37. The molecule has 3 atom stereocenters. The van der Waals surface area contributed by atoms with E-state index >= 15 is 0 Å². The minimum atomic E-state index is -3.31. The molecule has 1 aliphatic heterocycles. The lowest BCUT2D eigenvalue weighted by atomic mass is 10.1. The maximum Gasteiger partial charge on any atom is 0.243 e. The number of fused-ring (bicyclic) bond motifs is 2. The Labute approximate surface area is 121 Å². The van der Waals surface area contributed by atoms with E-state index in [1.54, 1.807) is 16.4 Å². The maximum atomic E-state index is 12.7. The van der Waals surface area contributed by atoms with Crippen molar-refractivity contribution in [2.24, 2.45) is 5.92 Å². The molecule has 0 spiro atoms. The average molecular weight is 294 g/mol. The molecule has 0 radical (unpaired) electrons. The summed E-state index contributed by atoms with van der Waals surface area (Å²) in [5.74, 6) is 0.582. The van der Waals surface area contributed by atoms with Gasteiger partial charge in [0.15, 0.2) is 0 Å². The first kappa shape index (κ1) is 14.0. The van der Waals surface area contributed by atoms with Crippen LogP contribution in [0.15, 0.2) is 29.2 Å². The number of benzene rings is 1. The molecule has 110 valence electrons. The van der Waals surface area contributed by atoms with E-state index in [0.717, 1.165) is 18.4 Å². The summed E-state index contributed by atoms with van der Waals surface area (Å²) in [4.78, 5) is 0.428. The van der Waals surface area contributed by atoms with E-state index in [4.69, 9.17) is 0 Å². The Morgan fingerprint density at radius 1 is 1.25 bits per heavy atom. The molecule has 0 aromatic heterocycles. The Bertz CT molecular complexity index is 582. The molecule has 2 fully saturated rings. The fourth-order valence-corrected chi connectivity index (χ4v) is 5.15. The van der Waals surface area contributed by atoms with Crippen LogP contribution in [0.25, 0.3) is 0 Å². The molecule has 1 aromatic carbocycles. The van der Waals surface area contributed by atoms with Crippen molar-refractivity contribution in [3.8, 4) is 0 Å². The van der Waals surface area contributed by atoms with Crippen LogP contribution in [0.5, 0.6) is 0 Å². The van der Waals surface area contributed by atoms with E-state index in [-0.39, 0.29) is 12.1 Å². The summed E-state index contributed by atoms with van der Waals surface area (Å²) in [5.41, 5.74) is 1.11. The normalized spacial score (nSPS) is 27.9. The summed E-state index contributed by atoms with van der Waals surface area (Å²) in [6, 6.07) is 7.76. The van der Waals surface area contributed by atoms with Crippen LogP contribution < -0.4 is 5.32 Å². The smallest absolute Gasteiger partial charge is 0.243 e. The summed E-state index contributed by atoms with van der Waals surface area (Å²) < 4.78 is 27.1. The van der Waals surface area contributed by atoms with Gasteiger partial charge in [-0.25, -0.2) is 8.42 Å². The summed E-state index contributed by atoms with van der Waals surface area (Å²) in [6.45, 7) is 2.77. The highest BCUT2D eigenvalue weighted by Crippen LogP contribution is 2.40. The molecule has 1 saturated heterocycles. The van der Waals surface area contributed by atoms with Gasteiger partial charge in [0, 0.05) is 18.6 Å². The summed E-state index contributed by atoms with van der Waals surface area (Å²) in [6.07, 6.45) is 3.27. The van der Waals surface area contributed by atoms with Crippen molar-refractivity contribution >= 4 is 10.0 Å². The Morgan fingerprint density at radius 3 is 2.45 bits per heavy atom. The molecule has 1 heterocycles. The molecule has 2 bridgehead atoms. The van der Waals surface area contributed by atoms with Crippen LogP contribution in [0.3, 0.4) is 0 Å². The third-order valence-corrected chi connectivity index (χ3v) is 6.71. The lowest BCUT2D eigenvalue weighted by molar-refractivity contribution is 0.333. The average Bonchev–Trinajstić information content (AvgIpc) is 3.09. The number of nitrogens with one attached hydrogen (secondary N) is 1. The Kier molecular flexibility index (Phi) is 3.60. The van der Waals surface area contributed by atoms with Gasteiger partial charge in [-0.1, -0.05) is 12.1 Å². The second-order valence-electron chi connectivity index (χ2n) is 5.99. The Balaban J connectivity index is 1.84. The second-order valence-corrected chi connectivity index (χ2v) is 7.88. The standard InChI is InChI=1S/C15H22N2O2S/c1-11(16-2)13-4-7-15(8-5-13)20(18,19)17-10-12-3-6-14(17)9-12/h4-5,7-8,11-12,14,16H,3,6,9-10H2,1-2H3. The van der Waals surface area contributed by atoms with Crippen LogP contribution in [-0.2, 0) is 10.0 Å². The predicted octanol–water partition coefficient (Wildman–Crippen LogP) is 2.14. The van der Waals surface area contributed by atoms with Crippen molar-refractivity contribution in [3.05, 3.63) is 29.8 Å². The van der Waals surface area contributed by atoms with Crippen LogP contribution >= 0.6 is 0 Å². The quantitative estimate of drug-likeness (QED) is 0.925. The van der Waals surface area contributed by atoms with Gasteiger partial charge in [-0.05, 0) is 56.8 Å². The van der Waals surface area contributed by atoms with Gasteiger partial charge < -0.3 is 5.32 Å². The SMILES string of the molecule is CNC(C)c1ccc(S(=O)(=O)N2CC3CCC2C3)cc1. The van der Waals surface area contributed by atoms with Gasteiger partial charge in [0.05, 0.1) is 4.90 Å². The maximum absolute atomic E-state index is 12.7. The lowest BCUT2D eigenvalue weighted by Gasteiger charge is -2.26. The van der Waals surface area contributed by atoms with Gasteiger partial charge in [0.2, 0.25) is 10.0 Å². The third-order valence-electron chi connectivity index (χ3n) is 4.78. The van der Waals surface area contributed by atoms with Gasteiger partial charge in [-0.3, -0.25) is 0 Å². The molecule has 1 aromatic rings. The Hall–Kier alpha value is -0.910. The highest BCUT2D eigenvalue weighted by atomic mass is 32.2. The first-order chi connectivity index (χ1) is 9.52. The number of piperidine rings is 1. The third kappa shape index (κ3) is 2.28. The summed E-state index contributed by atoms with van der Waals surface area (Å²) in [7, 11) is -1.41. The van der Waals surface area contributed by atoms with Crippen LogP contribution in [-0.4, -0.2) is 32.4 Å². The number of hydrogen-bond donors (Lipinski definition) is 1. The van der Waals surface area contributed by atoms with Crippen LogP contribution in [0.2, 0.25) is 0 Å². The molecule has 4 nitrogen and oxygen atoms in total. The van der Waals surface area contributed by atoms with E-state index in [1.165, 1.54) is 6.42 Å². The molecule has 1 N–H and O–H groups in total. The van der Waals surface area contributed by atoms with Crippen molar-refractivity contribution < 1.29 is 8.42 Å². The number of hydrogen-bond acceptors (Lipinski definition) is 3. The van der Waals surface area contributed by atoms with Gasteiger partial charge in [0.25, 0.3) is 0 Å². The predicted molar refractivity (Wildman–Crippen MR) is 78.9 cm³/mol. The zero-order valence-electron chi connectivity index (χ0n) is 12.0. The van der Waals surface area contributed by atoms with E-state index in [2.05, 4.69) is 12.2 Å². The fraction of sp³-hybridized carbons (Fsp3) is 0.600. The molecule has 1 aliphatic carbocycles. The Morgan fingerprint density at radius 2 is 1.95 bits per heavy atom. The minimum Gasteiger partial charge on any atom is -0.313 e. The topological polar surface area (TPSA) is 49.4 Å². The van der Waals surface area contributed by atoms with E-state index < -0.39 is 10.0 Å². The van der Waals surface area contributed by atoms with Crippen LogP contribution in [0.1, 0.15) is 37.8 Å². The summed E-state index contributed by atoms with van der Waals surface area (Å²) >= 11 is 0. The van der Waals surface area contributed by atoms with Gasteiger partial charge in [-0.2, -0.15) is 4.31 Å². The van der Waals surface area contributed by atoms with E-state index in [9.17, 15) is 8.42 Å². The van der Waals surface area contributed by atoms with Gasteiger partial charge >= 0.3 is 0 Å². The first-order valence-corrected chi connectivity index (χ1v) is 8.75. The zero-order chi connectivity index (χ0) is 14.3. The van der Waals surface area contributed by atoms with Crippen LogP contribution in [0.4, 0.5) is 0 Å². The monoisotopic (exact) mass is 294 g/mol. The van der Waals surface area contributed by atoms with E-state index in [1.807, 2.05) is 19.2 Å². The molecule has 1 saturated carbocycles. The molecule has 0 amide bonds. The van der Waals surface area contributed by atoms with Crippen molar-refractivity contribution in [1.29, 1.82) is 0 Å². The van der Waals surface area contributed by atoms with Gasteiger partial charge in [0.1, 0.15) is 0 Å². The van der Waals surface area contributed by atoms with E-state index in [0.29, 0.717) is 17.4 Å². The molecule has 20 heavy (non-hydrogen) atoms. The first-order valence-electron chi connectivity index (χ1n) is 7.31. The zero-order valence-corrected chi connectivity index (χ0v) is 12.9. The van der Waals surface area contributed by atoms with Crippen molar-refractivity contribution in [2.45, 2.75) is 43.2 Å². The number of rotatable bonds is 4. The number of sulfonamides is 1. The molecule has 2 aliphatic rings. The summed E-state index contributed by atoms with van der Waals surface area (Å²) in [5, 5.41) is 3.16. The largest absolute Gasteiger partial charge is 0.313 e. The number of nitrogens with zero attached hydrogens (tertiary/aromatic N) is 1. The van der Waals surface area contributed by atoms with Crippen molar-refractivity contribution in [3.63, 3.8) is 0 Å². The highest BCUT2D eigenvalue weighted by Gasteiger charge is 2.44. The molecule has 5 heteroatoms. The van der Waals surface area contributed by atoms with Gasteiger partial charge in [-0.15, -0.1) is 0 Å². The highest BCUT2D eigenvalue weighted by molar-refractivity contribution is 7.89. The molecule has 3 rings (SSSR count). The second kappa shape index (κ2) is 5.13.